The Morgan fingerprint density at radius 1 is 1.03 bits per heavy atom. The number of aromatic nitrogens is 1. The standard InChI is InChI=1S/C25H26N4O/c30-24-25(11-13-29(17-25)23-14-18-6-1-3-8-21(18)27-23)10-5-12-28(24)16-19-15-26-22-9-4-2-7-20(19)22/h1-4,6-9,15,26H,5,10-14,16-17H2. The van der Waals surface area contributed by atoms with E-state index in [9.17, 15) is 4.79 Å². The maximum absolute atomic E-state index is 13.6. The lowest BCUT2D eigenvalue weighted by atomic mass is 9.78. The molecule has 5 heteroatoms. The highest BCUT2D eigenvalue weighted by Crippen LogP contribution is 2.42. The van der Waals surface area contributed by atoms with Crippen LogP contribution in [0.4, 0.5) is 5.69 Å². The quantitative estimate of drug-likeness (QED) is 0.701. The fourth-order valence-electron chi connectivity index (χ4n) is 5.54. The number of hydrogen-bond acceptors (Lipinski definition) is 3. The highest BCUT2D eigenvalue weighted by molar-refractivity contribution is 5.94. The first-order chi connectivity index (χ1) is 14.7. The van der Waals surface area contributed by atoms with Crippen molar-refractivity contribution in [2.24, 2.45) is 10.4 Å². The minimum atomic E-state index is -0.248. The zero-order valence-electron chi connectivity index (χ0n) is 17.1. The van der Waals surface area contributed by atoms with Crippen LogP contribution in [0.3, 0.4) is 0 Å². The van der Waals surface area contributed by atoms with E-state index < -0.39 is 0 Å². The van der Waals surface area contributed by atoms with Gasteiger partial charge in [0.15, 0.2) is 0 Å². The van der Waals surface area contributed by atoms with Crippen LogP contribution >= 0.6 is 0 Å². The number of amidine groups is 1. The minimum Gasteiger partial charge on any atom is -0.361 e. The second kappa shape index (κ2) is 6.73. The third kappa shape index (κ3) is 2.76. The molecule has 2 aromatic carbocycles. The van der Waals surface area contributed by atoms with Gasteiger partial charge in [-0.25, -0.2) is 4.99 Å². The van der Waals surface area contributed by atoms with Gasteiger partial charge in [0.25, 0.3) is 0 Å². The molecule has 3 aliphatic rings. The number of aliphatic imine (C=N–C) groups is 1. The summed E-state index contributed by atoms with van der Waals surface area (Å²) in [6, 6.07) is 16.7. The summed E-state index contributed by atoms with van der Waals surface area (Å²) in [6.45, 7) is 3.28. The number of carbonyl (C=O) groups is 1. The highest BCUT2D eigenvalue weighted by atomic mass is 16.2. The van der Waals surface area contributed by atoms with Crippen LogP contribution in [0.2, 0.25) is 0 Å². The maximum Gasteiger partial charge on any atom is 0.230 e. The normalized spacial score (nSPS) is 23.5. The summed E-state index contributed by atoms with van der Waals surface area (Å²) in [7, 11) is 0. The van der Waals surface area contributed by atoms with Gasteiger partial charge in [-0.3, -0.25) is 4.79 Å². The van der Waals surface area contributed by atoms with E-state index in [2.05, 4.69) is 57.4 Å². The average molecular weight is 399 g/mol. The molecule has 3 aliphatic heterocycles. The lowest BCUT2D eigenvalue weighted by Gasteiger charge is -2.39. The van der Waals surface area contributed by atoms with Crippen molar-refractivity contribution in [1.29, 1.82) is 0 Å². The van der Waals surface area contributed by atoms with Gasteiger partial charge < -0.3 is 14.8 Å². The predicted octanol–water partition coefficient (Wildman–Crippen LogP) is 4.27. The van der Waals surface area contributed by atoms with Crippen LogP contribution in [0.25, 0.3) is 10.9 Å². The van der Waals surface area contributed by atoms with Crippen LogP contribution in [-0.4, -0.2) is 46.2 Å². The Balaban J connectivity index is 1.21. The number of carbonyl (C=O) groups excluding carboxylic acids is 1. The first-order valence-corrected chi connectivity index (χ1v) is 11.0. The van der Waals surface area contributed by atoms with Crippen LogP contribution < -0.4 is 0 Å². The number of H-pyrrole nitrogens is 1. The number of nitrogens with zero attached hydrogens (tertiary/aromatic N) is 3. The number of amides is 1. The van der Waals surface area contributed by atoms with Gasteiger partial charge in [0.2, 0.25) is 5.91 Å². The van der Waals surface area contributed by atoms with Crippen molar-refractivity contribution in [3.05, 3.63) is 65.9 Å². The number of likely N-dealkylation sites (tertiary alicyclic amines) is 2. The van der Waals surface area contributed by atoms with Crippen molar-refractivity contribution in [3.63, 3.8) is 0 Å². The Morgan fingerprint density at radius 3 is 2.83 bits per heavy atom. The molecule has 0 bridgehead atoms. The van der Waals surface area contributed by atoms with Gasteiger partial charge in [-0.1, -0.05) is 36.4 Å². The molecule has 1 N–H and O–H groups in total. The number of hydrogen-bond donors (Lipinski definition) is 1. The fourth-order valence-corrected chi connectivity index (χ4v) is 5.54. The van der Waals surface area contributed by atoms with E-state index in [1.54, 1.807) is 0 Å². The lowest BCUT2D eigenvalue weighted by molar-refractivity contribution is -0.146. The average Bonchev–Trinajstić information content (AvgIpc) is 3.49. The van der Waals surface area contributed by atoms with Gasteiger partial charge in [0, 0.05) is 49.7 Å². The molecule has 3 aromatic rings. The van der Waals surface area contributed by atoms with E-state index in [-0.39, 0.29) is 5.41 Å². The lowest BCUT2D eigenvalue weighted by Crippen LogP contribution is -2.50. The Bertz CT molecular complexity index is 1160. The molecule has 1 amide bonds. The van der Waals surface area contributed by atoms with Crippen LogP contribution in [-0.2, 0) is 17.8 Å². The van der Waals surface area contributed by atoms with Crippen molar-refractivity contribution in [3.8, 4) is 0 Å². The largest absolute Gasteiger partial charge is 0.361 e. The van der Waals surface area contributed by atoms with Gasteiger partial charge >= 0.3 is 0 Å². The van der Waals surface area contributed by atoms with Gasteiger partial charge in [-0.2, -0.15) is 0 Å². The third-order valence-electron chi connectivity index (χ3n) is 7.17. The fraction of sp³-hybridized carbons (Fsp3) is 0.360. The zero-order valence-corrected chi connectivity index (χ0v) is 17.1. The molecule has 1 unspecified atom stereocenters. The molecule has 1 aromatic heterocycles. The van der Waals surface area contributed by atoms with E-state index in [1.165, 1.54) is 16.5 Å². The summed E-state index contributed by atoms with van der Waals surface area (Å²) in [4.78, 5) is 26.3. The van der Waals surface area contributed by atoms with E-state index in [4.69, 9.17) is 4.99 Å². The van der Waals surface area contributed by atoms with Gasteiger partial charge in [-0.15, -0.1) is 0 Å². The molecule has 1 atom stereocenters. The van der Waals surface area contributed by atoms with Crippen LogP contribution in [0.5, 0.6) is 0 Å². The molecule has 1 spiro atoms. The number of para-hydroxylation sites is 2. The van der Waals surface area contributed by atoms with Gasteiger partial charge in [0.05, 0.1) is 11.1 Å². The molecule has 152 valence electrons. The van der Waals surface area contributed by atoms with Crippen LogP contribution in [0.15, 0.2) is 59.7 Å². The van der Waals surface area contributed by atoms with Gasteiger partial charge in [0.1, 0.15) is 5.84 Å². The van der Waals surface area contributed by atoms with E-state index in [0.717, 1.165) is 62.4 Å². The van der Waals surface area contributed by atoms with Crippen molar-refractivity contribution in [1.82, 2.24) is 14.8 Å². The summed E-state index contributed by atoms with van der Waals surface area (Å²) >= 11 is 0. The number of nitrogens with one attached hydrogen (secondary N) is 1. The molecule has 6 rings (SSSR count). The van der Waals surface area contributed by atoms with Crippen LogP contribution in [0, 0.1) is 5.41 Å². The van der Waals surface area contributed by atoms with E-state index in [0.29, 0.717) is 12.5 Å². The van der Waals surface area contributed by atoms with Crippen molar-refractivity contribution in [2.45, 2.75) is 32.2 Å². The molecule has 5 nitrogen and oxygen atoms in total. The topological polar surface area (TPSA) is 51.7 Å². The number of benzene rings is 2. The Labute approximate surface area is 176 Å². The molecule has 30 heavy (non-hydrogen) atoms. The molecule has 0 radical (unpaired) electrons. The van der Waals surface area contributed by atoms with Gasteiger partial charge in [-0.05, 0) is 42.5 Å². The number of rotatable bonds is 2. The number of aromatic amines is 1. The molecular formula is C25H26N4O. The van der Waals surface area contributed by atoms with Crippen molar-refractivity contribution >= 4 is 28.3 Å². The summed E-state index contributed by atoms with van der Waals surface area (Å²) in [5, 5.41) is 1.22. The summed E-state index contributed by atoms with van der Waals surface area (Å²) < 4.78 is 0. The number of fused-ring (bicyclic) bond motifs is 2. The second-order valence-corrected chi connectivity index (χ2v) is 8.98. The Kier molecular flexibility index (Phi) is 3.98. The predicted molar refractivity (Wildman–Crippen MR) is 119 cm³/mol. The first kappa shape index (κ1) is 17.8. The SMILES string of the molecule is O=C1N(Cc2c[nH]c3ccccc23)CCCC12CCN(C1=Nc3ccccc3C1)C2. The Hall–Kier alpha value is -3.08. The van der Waals surface area contributed by atoms with Crippen molar-refractivity contribution in [2.75, 3.05) is 19.6 Å². The molecule has 0 saturated carbocycles. The summed E-state index contributed by atoms with van der Waals surface area (Å²) in [5.74, 6) is 1.47. The molecule has 0 aliphatic carbocycles. The molecule has 2 fully saturated rings. The minimum absolute atomic E-state index is 0.248. The number of piperidine rings is 1. The highest BCUT2D eigenvalue weighted by Gasteiger charge is 2.49. The zero-order chi connectivity index (χ0) is 20.1. The monoisotopic (exact) mass is 398 g/mol. The maximum atomic E-state index is 13.6. The molecule has 2 saturated heterocycles. The third-order valence-corrected chi connectivity index (χ3v) is 7.17. The van der Waals surface area contributed by atoms with E-state index >= 15 is 0 Å². The Morgan fingerprint density at radius 2 is 1.90 bits per heavy atom. The second-order valence-electron chi connectivity index (χ2n) is 8.98. The summed E-state index contributed by atoms with van der Waals surface area (Å²) in [5.41, 5.74) is 4.48. The van der Waals surface area contributed by atoms with Crippen molar-refractivity contribution < 1.29 is 4.79 Å². The molecular weight excluding hydrogens is 372 g/mol. The van der Waals surface area contributed by atoms with E-state index in [1.807, 2.05) is 12.1 Å². The smallest absolute Gasteiger partial charge is 0.230 e. The first-order valence-electron chi connectivity index (χ1n) is 11.0. The van der Waals surface area contributed by atoms with Crippen LogP contribution in [0.1, 0.15) is 30.4 Å². The molecule has 4 heterocycles. The summed E-state index contributed by atoms with van der Waals surface area (Å²) in [6.07, 6.45) is 5.96.